The molecule has 106 valence electrons. The summed E-state index contributed by atoms with van der Waals surface area (Å²) in [6.45, 7) is 7.03. The van der Waals surface area contributed by atoms with Crippen LogP contribution in [0.3, 0.4) is 0 Å². The maximum Gasteiger partial charge on any atom is 0.333 e. The van der Waals surface area contributed by atoms with Crippen LogP contribution in [-0.4, -0.2) is 24.2 Å². The van der Waals surface area contributed by atoms with Gasteiger partial charge in [-0.05, 0) is 12.0 Å². The Morgan fingerprint density at radius 1 is 1.30 bits per heavy atom. The first kappa shape index (κ1) is 17.4. The molecule has 0 amide bonds. The monoisotopic (exact) mass is 274 g/mol. The summed E-state index contributed by atoms with van der Waals surface area (Å²) in [6, 6.07) is 10.0. The van der Waals surface area contributed by atoms with E-state index in [0.717, 1.165) is 6.08 Å². The third-order valence-electron chi connectivity index (χ3n) is 2.13. The number of methoxy groups -OCH3 is 1. The van der Waals surface area contributed by atoms with Gasteiger partial charge < -0.3 is 9.84 Å². The molecule has 4 heteroatoms. The summed E-state index contributed by atoms with van der Waals surface area (Å²) in [5.74, 6) is -1.57. The van der Waals surface area contributed by atoms with Gasteiger partial charge in [0.1, 0.15) is 0 Å². The molecule has 1 rings (SSSR count). The normalized spacial score (nSPS) is 9.25. The molecule has 4 nitrogen and oxygen atoms in total. The molecule has 0 aliphatic carbocycles. The fourth-order valence-electron chi connectivity index (χ4n) is 1.12. The Labute approximate surface area is 118 Å². The molecule has 0 heterocycles. The van der Waals surface area contributed by atoms with Crippen LogP contribution in [0.4, 0.5) is 0 Å². The van der Waals surface area contributed by atoms with E-state index in [1.807, 2.05) is 36.4 Å². The second-order valence-corrected chi connectivity index (χ2v) is 3.65. The second kappa shape index (κ2) is 10.3. The summed E-state index contributed by atoms with van der Waals surface area (Å²) >= 11 is 0. The molecule has 1 N–H and O–H groups in total. The maximum atomic E-state index is 10.7. The van der Waals surface area contributed by atoms with Crippen molar-refractivity contribution in [2.24, 2.45) is 0 Å². The zero-order valence-electron chi connectivity index (χ0n) is 11.4. The molecule has 0 saturated heterocycles. The van der Waals surface area contributed by atoms with Gasteiger partial charge >= 0.3 is 11.9 Å². The SMILES string of the molecule is C=C(CC=CC(=O)O)C(=O)OC.C=Cc1ccccc1. The van der Waals surface area contributed by atoms with Crippen LogP contribution in [0.2, 0.25) is 0 Å². The Balaban J connectivity index is 0.000000388. The van der Waals surface area contributed by atoms with Gasteiger partial charge in [-0.15, -0.1) is 0 Å². The number of hydrogen-bond acceptors (Lipinski definition) is 3. The van der Waals surface area contributed by atoms with Crippen LogP contribution in [-0.2, 0) is 14.3 Å². The Bertz CT molecular complexity index is 486. The molecule has 0 saturated carbocycles. The number of carboxylic acids is 1. The average molecular weight is 274 g/mol. The number of ether oxygens (including phenoxy) is 1. The molecule has 0 radical (unpaired) electrons. The van der Waals surface area contributed by atoms with Crippen molar-refractivity contribution in [1.29, 1.82) is 0 Å². The Morgan fingerprint density at radius 3 is 2.30 bits per heavy atom. The minimum absolute atomic E-state index is 0.193. The Kier molecular flexibility index (Phi) is 8.96. The van der Waals surface area contributed by atoms with Crippen molar-refractivity contribution in [2.75, 3.05) is 7.11 Å². The van der Waals surface area contributed by atoms with E-state index in [1.165, 1.54) is 18.7 Å². The van der Waals surface area contributed by atoms with E-state index >= 15 is 0 Å². The lowest BCUT2D eigenvalue weighted by Crippen LogP contribution is -2.02. The van der Waals surface area contributed by atoms with Crippen LogP contribution < -0.4 is 0 Å². The van der Waals surface area contributed by atoms with Crippen LogP contribution in [0.1, 0.15) is 12.0 Å². The minimum atomic E-state index is -1.05. The van der Waals surface area contributed by atoms with Crippen LogP contribution in [0.5, 0.6) is 0 Å². The van der Waals surface area contributed by atoms with E-state index in [9.17, 15) is 9.59 Å². The molecular weight excluding hydrogens is 256 g/mol. The lowest BCUT2D eigenvalue weighted by atomic mass is 10.2. The highest BCUT2D eigenvalue weighted by Gasteiger charge is 2.03. The standard InChI is InChI=1S/C8H10O4.C8H8/c1-6(8(11)12-2)4-3-5-7(9)10;1-2-8-6-4-3-5-7-8/h3,5H,1,4H2,2H3,(H,9,10);2-7H,1H2. The first-order valence-electron chi connectivity index (χ1n) is 5.84. The maximum absolute atomic E-state index is 10.7. The van der Waals surface area contributed by atoms with E-state index < -0.39 is 11.9 Å². The molecule has 0 atom stereocenters. The van der Waals surface area contributed by atoms with Gasteiger partial charge in [0.15, 0.2) is 0 Å². The van der Waals surface area contributed by atoms with Gasteiger partial charge in [-0.3, -0.25) is 0 Å². The lowest BCUT2D eigenvalue weighted by molar-refractivity contribution is -0.136. The number of aliphatic carboxylic acids is 1. The quantitative estimate of drug-likeness (QED) is 0.662. The zero-order valence-corrected chi connectivity index (χ0v) is 11.4. The number of rotatable bonds is 5. The molecule has 1 aromatic carbocycles. The summed E-state index contributed by atoms with van der Waals surface area (Å²) in [6.07, 6.45) is 4.31. The Morgan fingerprint density at radius 2 is 1.90 bits per heavy atom. The number of hydrogen-bond donors (Lipinski definition) is 1. The topological polar surface area (TPSA) is 63.6 Å². The largest absolute Gasteiger partial charge is 0.478 e. The molecule has 0 bridgehead atoms. The summed E-state index contributed by atoms with van der Waals surface area (Å²) < 4.78 is 4.35. The molecule has 0 spiro atoms. The van der Waals surface area contributed by atoms with Gasteiger partial charge in [-0.25, -0.2) is 9.59 Å². The fourth-order valence-corrected chi connectivity index (χ4v) is 1.12. The average Bonchev–Trinajstić information content (AvgIpc) is 2.47. The molecule has 0 unspecified atom stereocenters. The van der Waals surface area contributed by atoms with Crippen LogP contribution >= 0.6 is 0 Å². The highest BCUT2D eigenvalue weighted by Crippen LogP contribution is 2.00. The van der Waals surface area contributed by atoms with Crippen LogP contribution in [0.25, 0.3) is 6.08 Å². The Hall–Kier alpha value is -2.62. The number of carbonyl (C=O) groups excluding carboxylic acids is 1. The van der Waals surface area contributed by atoms with E-state index in [0.29, 0.717) is 0 Å². The van der Waals surface area contributed by atoms with Gasteiger partial charge in [0.05, 0.1) is 7.11 Å². The highest BCUT2D eigenvalue weighted by molar-refractivity contribution is 5.88. The molecule has 0 fully saturated rings. The van der Waals surface area contributed by atoms with Gasteiger partial charge in [0, 0.05) is 11.6 Å². The molecule has 0 aliphatic rings. The zero-order chi connectivity index (χ0) is 15.4. The van der Waals surface area contributed by atoms with Crippen molar-refractivity contribution in [2.45, 2.75) is 6.42 Å². The summed E-state index contributed by atoms with van der Waals surface area (Å²) in [5.41, 5.74) is 1.41. The van der Waals surface area contributed by atoms with E-state index in [-0.39, 0.29) is 12.0 Å². The van der Waals surface area contributed by atoms with Gasteiger partial charge in [-0.2, -0.15) is 0 Å². The molecule has 1 aromatic rings. The third kappa shape index (κ3) is 8.47. The van der Waals surface area contributed by atoms with Crippen molar-refractivity contribution in [3.8, 4) is 0 Å². The van der Waals surface area contributed by atoms with E-state index in [1.54, 1.807) is 0 Å². The second-order valence-electron chi connectivity index (χ2n) is 3.65. The molecule has 20 heavy (non-hydrogen) atoms. The fraction of sp³-hybridized carbons (Fsp3) is 0.125. The van der Waals surface area contributed by atoms with Crippen LogP contribution in [0, 0.1) is 0 Å². The van der Waals surface area contributed by atoms with E-state index in [4.69, 9.17) is 5.11 Å². The van der Waals surface area contributed by atoms with Gasteiger partial charge in [-0.1, -0.05) is 55.6 Å². The first-order valence-corrected chi connectivity index (χ1v) is 5.84. The van der Waals surface area contributed by atoms with Crippen molar-refractivity contribution in [3.63, 3.8) is 0 Å². The molecule has 0 aromatic heterocycles. The smallest absolute Gasteiger partial charge is 0.333 e. The highest BCUT2D eigenvalue weighted by atomic mass is 16.5. The van der Waals surface area contributed by atoms with Gasteiger partial charge in [0.25, 0.3) is 0 Å². The summed E-state index contributed by atoms with van der Waals surface area (Å²) in [4.78, 5) is 20.7. The predicted octanol–water partition coefficient (Wildman–Crippen LogP) is 3.08. The van der Waals surface area contributed by atoms with E-state index in [2.05, 4.69) is 17.9 Å². The van der Waals surface area contributed by atoms with Crippen molar-refractivity contribution >= 4 is 18.0 Å². The van der Waals surface area contributed by atoms with Crippen molar-refractivity contribution in [1.82, 2.24) is 0 Å². The minimum Gasteiger partial charge on any atom is -0.478 e. The van der Waals surface area contributed by atoms with Crippen molar-refractivity contribution < 1.29 is 19.4 Å². The number of benzene rings is 1. The number of esters is 1. The van der Waals surface area contributed by atoms with Gasteiger partial charge in [0.2, 0.25) is 0 Å². The number of allylic oxidation sites excluding steroid dienone is 1. The van der Waals surface area contributed by atoms with Crippen molar-refractivity contribution in [3.05, 3.63) is 66.8 Å². The third-order valence-corrected chi connectivity index (χ3v) is 2.13. The number of carbonyl (C=O) groups is 2. The predicted molar refractivity (Wildman–Crippen MR) is 79.1 cm³/mol. The number of carboxylic acid groups (broad SMARTS) is 1. The van der Waals surface area contributed by atoms with Crippen LogP contribution in [0.15, 0.2) is 61.2 Å². The first-order chi connectivity index (χ1) is 9.51. The summed E-state index contributed by atoms with van der Waals surface area (Å²) in [7, 11) is 1.24. The molecule has 0 aliphatic heterocycles. The molecular formula is C16H18O4. The summed E-state index contributed by atoms with van der Waals surface area (Å²) in [5, 5.41) is 8.19. The lowest BCUT2D eigenvalue weighted by Gasteiger charge is -1.97.